The number of amides is 1. The monoisotopic (exact) mass is 263 g/mol. The van der Waals surface area contributed by atoms with Crippen molar-refractivity contribution in [3.05, 3.63) is 35.4 Å². The van der Waals surface area contributed by atoms with Crippen molar-refractivity contribution in [2.24, 2.45) is 0 Å². The molecule has 0 saturated carbocycles. The van der Waals surface area contributed by atoms with Crippen LogP contribution in [0.2, 0.25) is 0 Å². The Morgan fingerprint density at radius 2 is 1.58 bits per heavy atom. The summed E-state index contributed by atoms with van der Waals surface area (Å²) in [6.45, 7) is 4.99. The minimum absolute atomic E-state index is 0.0194. The van der Waals surface area contributed by atoms with Crippen LogP contribution in [-0.4, -0.2) is 47.2 Å². The molecule has 5 nitrogen and oxygen atoms in total. The van der Waals surface area contributed by atoms with Crippen LogP contribution in [-0.2, 0) is 4.74 Å². The van der Waals surface area contributed by atoms with Crippen LogP contribution in [0.5, 0.6) is 0 Å². The Labute approximate surface area is 111 Å². The number of carboxylic acids is 1. The second-order valence-corrected chi connectivity index (χ2v) is 4.85. The van der Waals surface area contributed by atoms with Gasteiger partial charge in [0, 0.05) is 18.7 Å². The quantitative estimate of drug-likeness (QED) is 0.880. The van der Waals surface area contributed by atoms with Crippen molar-refractivity contribution in [1.29, 1.82) is 0 Å². The Morgan fingerprint density at radius 1 is 1.11 bits per heavy atom. The van der Waals surface area contributed by atoms with E-state index in [1.54, 1.807) is 17.0 Å². The topological polar surface area (TPSA) is 66.8 Å². The SMILES string of the molecule is C[C@@H]1CN(C(=O)c2ccc(C(=O)O)cc2)C[C@H](C)O1. The molecule has 1 N–H and O–H groups in total. The molecule has 5 heteroatoms. The Morgan fingerprint density at radius 3 is 2.05 bits per heavy atom. The number of ether oxygens (including phenoxy) is 1. The van der Waals surface area contributed by atoms with E-state index >= 15 is 0 Å². The third-order valence-electron chi connectivity index (χ3n) is 3.09. The fourth-order valence-electron chi connectivity index (χ4n) is 2.28. The highest BCUT2D eigenvalue weighted by molar-refractivity contribution is 5.96. The summed E-state index contributed by atoms with van der Waals surface area (Å²) < 4.78 is 5.58. The zero-order valence-electron chi connectivity index (χ0n) is 11.0. The van der Waals surface area contributed by atoms with E-state index in [0.717, 1.165) is 0 Å². The van der Waals surface area contributed by atoms with Crippen molar-refractivity contribution in [2.45, 2.75) is 26.1 Å². The summed E-state index contributed by atoms with van der Waals surface area (Å²) in [6.07, 6.45) is 0.0389. The molecule has 0 aliphatic carbocycles. The molecule has 1 aromatic carbocycles. The molecule has 2 rings (SSSR count). The molecule has 0 unspecified atom stereocenters. The van der Waals surface area contributed by atoms with Gasteiger partial charge in [0.05, 0.1) is 17.8 Å². The summed E-state index contributed by atoms with van der Waals surface area (Å²) >= 11 is 0. The van der Waals surface area contributed by atoms with E-state index in [-0.39, 0.29) is 23.7 Å². The molecule has 0 aromatic heterocycles. The number of hydrogen-bond acceptors (Lipinski definition) is 3. The van der Waals surface area contributed by atoms with Gasteiger partial charge in [0.1, 0.15) is 0 Å². The van der Waals surface area contributed by atoms with Crippen molar-refractivity contribution in [1.82, 2.24) is 4.90 Å². The second-order valence-electron chi connectivity index (χ2n) is 4.85. The van der Waals surface area contributed by atoms with Gasteiger partial charge in [-0.1, -0.05) is 0 Å². The van der Waals surface area contributed by atoms with E-state index in [4.69, 9.17) is 9.84 Å². The maximum atomic E-state index is 12.3. The molecular weight excluding hydrogens is 246 g/mol. The summed E-state index contributed by atoms with van der Waals surface area (Å²) in [5, 5.41) is 8.82. The van der Waals surface area contributed by atoms with E-state index < -0.39 is 5.97 Å². The summed E-state index contributed by atoms with van der Waals surface area (Å²) in [6, 6.07) is 6.00. The van der Waals surface area contributed by atoms with Gasteiger partial charge in [-0.2, -0.15) is 0 Å². The normalized spacial score (nSPS) is 23.2. The number of rotatable bonds is 2. The van der Waals surface area contributed by atoms with Crippen molar-refractivity contribution in [3.63, 3.8) is 0 Å². The second kappa shape index (κ2) is 5.40. The van der Waals surface area contributed by atoms with E-state index in [1.165, 1.54) is 12.1 Å². The molecule has 1 aromatic rings. The van der Waals surface area contributed by atoms with Crippen LogP contribution >= 0.6 is 0 Å². The third kappa shape index (κ3) is 3.12. The molecule has 19 heavy (non-hydrogen) atoms. The van der Waals surface area contributed by atoms with Crippen molar-refractivity contribution >= 4 is 11.9 Å². The van der Waals surface area contributed by atoms with Crippen LogP contribution < -0.4 is 0 Å². The lowest BCUT2D eigenvalue weighted by Crippen LogP contribution is -2.48. The predicted molar refractivity (Wildman–Crippen MR) is 69.3 cm³/mol. The average Bonchev–Trinajstić information content (AvgIpc) is 2.37. The van der Waals surface area contributed by atoms with Crippen LogP contribution in [0.4, 0.5) is 0 Å². The van der Waals surface area contributed by atoms with Crippen molar-refractivity contribution in [3.8, 4) is 0 Å². The number of carbonyl (C=O) groups is 2. The molecular formula is C14H17NO4. The minimum Gasteiger partial charge on any atom is -0.478 e. The first-order valence-corrected chi connectivity index (χ1v) is 6.25. The standard InChI is InChI=1S/C14H17NO4/c1-9-7-15(8-10(2)19-9)13(16)11-3-5-12(6-4-11)14(17)18/h3-6,9-10H,7-8H2,1-2H3,(H,17,18)/t9-,10+. The number of hydrogen-bond donors (Lipinski definition) is 1. The molecule has 0 radical (unpaired) electrons. The van der Waals surface area contributed by atoms with Crippen LogP contribution in [0.25, 0.3) is 0 Å². The predicted octanol–water partition coefficient (Wildman–Crippen LogP) is 1.63. The molecule has 2 atom stereocenters. The third-order valence-corrected chi connectivity index (χ3v) is 3.09. The number of morpholine rings is 1. The molecule has 1 heterocycles. The van der Waals surface area contributed by atoms with Gasteiger partial charge in [-0.05, 0) is 38.1 Å². The zero-order valence-corrected chi connectivity index (χ0v) is 11.0. The Hall–Kier alpha value is -1.88. The number of carbonyl (C=O) groups excluding carboxylic acids is 1. The molecule has 102 valence electrons. The van der Waals surface area contributed by atoms with Crippen molar-refractivity contribution in [2.75, 3.05) is 13.1 Å². The first-order valence-electron chi connectivity index (χ1n) is 6.25. The van der Waals surface area contributed by atoms with Gasteiger partial charge in [0.25, 0.3) is 5.91 Å². The molecule has 1 aliphatic heterocycles. The maximum Gasteiger partial charge on any atom is 0.335 e. The minimum atomic E-state index is -0.993. The smallest absolute Gasteiger partial charge is 0.335 e. The van der Waals surface area contributed by atoms with Crippen LogP contribution in [0.3, 0.4) is 0 Å². The lowest BCUT2D eigenvalue weighted by atomic mass is 10.1. The molecule has 0 spiro atoms. The zero-order chi connectivity index (χ0) is 14.0. The van der Waals surface area contributed by atoms with E-state index in [1.807, 2.05) is 13.8 Å². The number of carboxylic acid groups (broad SMARTS) is 1. The Balaban J connectivity index is 2.12. The van der Waals surface area contributed by atoms with Gasteiger partial charge in [0.15, 0.2) is 0 Å². The summed E-state index contributed by atoms with van der Waals surface area (Å²) in [5.74, 6) is -1.08. The maximum absolute atomic E-state index is 12.3. The molecule has 1 saturated heterocycles. The van der Waals surface area contributed by atoms with Crippen LogP contribution in [0.1, 0.15) is 34.6 Å². The van der Waals surface area contributed by atoms with Crippen LogP contribution in [0.15, 0.2) is 24.3 Å². The first kappa shape index (κ1) is 13.5. The number of benzene rings is 1. The van der Waals surface area contributed by atoms with E-state index in [0.29, 0.717) is 18.7 Å². The highest BCUT2D eigenvalue weighted by atomic mass is 16.5. The largest absolute Gasteiger partial charge is 0.478 e. The van der Waals surface area contributed by atoms with E-state index in [9.17, 15) is 9.59 Å². The van der Waals surface area contributed by atoms with Crippen LogP contribution in [0, 0.1) is 0 Å². The molecule has 1 aliphatic rings. The summed E-state index contributed by atoms with van der Waals surface area (Å²) in [4.78, 5) is 24.8. The highest BCUT2D eigenvalue weighted by Crippen LogP contribution is 2.15. The van der Waals surface area contributed by atoms with Gasteiger partial charge in [-0.3, -0.25) is 4.79 Å². The fraction of sp³-hybridized carbons (Fsp3) is 0.429. The molecule has 0 bridgehead atoms. The fourth-order valence-corrected chi connectivity index (χ4v) is 2.28. The van der Waals surface area contributed by atoms with Gasteiger partial charge >= 0.3 is 5.97 Å². The van der Waals surface area contributed by atoms with Gasteiger partial charge in [-0.25, -0.2) is 4.79 Å². The molecule has 1 fully saturated rings. The van der Waals surface area contributed by atoms with E-state index in [2.05, 4.69) is 0 Å². The highest BCUT2D eigenvalue weighted by Gasteiger charge is 2.26. The number of nitrogens with zero attached hydrogens (tertiary/aromatic N) is 1. The molecule has 1 amide bonds. The lowest BCUT2D eigenvalue weighted by Gasteiger charge is -2.35. The first-order chi connectivity index (χ1) is 8.97. The number of aromatic carboxylic acids is 1. The average molecular weight is 263 g/mol. The van der Waals surface area contributed by atoms with Crippen molar-refractivity contribution < 1.29 is 19.4 Å². The Bertz CT molecular complexity index is 473. The lowest BCUT2D eigenvalue weighted by molar-refractivity contribution is -0.0586. The van der Waals surface area contributed by atoms with Gasteiger partial charge in [-0.15, -0.1) is 0 Å². The van der Waals surface area contributed by atoms with Gasteiger partial charge in [0.2, 0.25) is 0 Å². The summed E-state index contributed by atoms with van der Waals surface area (Å²) in [7, 11) is 0. The Kier molecular flexibility index (Phi) is 3.85. The summed E-state index contributed by atoms with van der Waals surface area (Å²) in [5.41, 5.74) is 0.687. The van der Waals surface area contributed by atoms with Gasteiger partial charge < -0.3 is 14.7 Å².